The highest BCUT2D eigenvalue weighted by atomic mass is 35.5. The van der Waals surface area contributed by atoms with Gasteiger partial charge >= 0.3 is 0 Å². The molecule has 6 nitrogen and oxygen atoms in total. The van der Waals surface area contributed by atoms with E-state index in [1.165, 1.54) is 18.2 Å². The van der Waals surface area contributed by atoms with Crippen LogP contribution in [0, 0.1) is 0 Å². The van der Waals surface area contributed by atoms with Crippen LogP contribution in [0.25, 0.3) is 0 Å². The number of carbonyl (C=O) groups is 2. The van der Waals surface area contributed by atoms with Crippen LogP contribution in [-0.2, 0) is 14.3 Å². The monoisotopic (exact) mass is 379 g/mol. The zero-order valence-electron chi connectivity index (χ0n) is 13.0. The van der Waals surface area contributed by atoms with E-state index in [1.807, 2.05) is 0 Å². The van der Waals surface area contributed by atoms with Gasteiger partial charge in [0.05, 0.1) is 22.6 Å². The molecule has 0 radical (unpaired) electrons. The number of benzene rings is 2. The molecule has 1 aliphatic heterocycles. The normalized spacial score (nSPS) is 14.0. The van der Waals surface area contributed by atoms with Crippen molar-refractivity contribution in [3.05, 3.63) is 64.7 Å². The highest BCUT2D eigenvalue weighted by Gasteiger charge is 2.34. The first kappa shape index (κ1) is 17.6. The van der Waals surface area contributed by atoms with Crippen molar-refractivity contribution in [3.63, 3.8) is 0 Å². The fourth-order valence-electron chi connectivity index (χ4n) is 2.52. The molecule has 1 heterocycles. The standard InChI is InChI=1S/C17H14ClNO5S/c18-12-5-3-6-13(11-12)25(22,23)24-10-4-9-19-16(20)14-7-1-2-8-15(14)17(19)21/h1-3,5-8,11H,4,9-10H2. The predicted octanol–water partition coefficient (Wildman–Crippen LogP) is 2.73. The maximum Gasteiger partial charge on any atom is 0.297 e. The summed E-state index contributed by atoms with van der Waals surface area (Å²) in [6.07, 6.45) is 0.200. The van der Waals surface area contributed by atoms with Gasteiger partial charge in [-0.05, 0) is 36.8 Å². The fraction of sp³-hybridized carbons (Fsp3) is 0.176. The van der Waals surface area contributed by atoms with Crippen molar-refractivity contribution < 1.29 is 22.2 Å². The largest absolute Gasteiger partial charge is 0.297 e. The van der Waals surface area contributed by atoms with Crippen molar-refractivity contribution in [1.82, 2.24) is 4.90 Å². The highest BCUT2D eigenvalue weighted by molar-refractivity contribution is 7.86. The molecule has 2 aromatic rings. The Morgan fingerprint density at radius 3 is 2.20 bits per heavy atom. The van der Waals surface area contributed by atoms with E-state index in [4.69, 9.17) is 15.8 Å². The Balaban J connectivity index is 1.58. The number of fused-ring (bicyclic) bond motifs is 1. The Morgan fingerprint density at radius 2 is 1.60 bits per heavy atom. The molecule has 0 saturated carbocycles. The van der Waals surface area contributed by atoms with E-state index in [0.717, 1.165) is 4.90 Å². The predicted molar refractivity (Wildman–Crippen MR) is 91.0 cm³/mol. The van der Waals surface area contributed by atoms with E-state index in [1.54, 1.807) is 30.3 Å². The second-order valence-corrected chi connectivity index (χ2v) is 7.45. The third-order valence-corrected chi connectivity index (χ3v) is 5.27. The summed E-state index contributed by atoms with van der Waals surface area (Å²) in [5.41, 5.74) is 0.722. The summed E-state index contributed by atoms with van der Waals surface area (Å²) in [4.78, 5) is 25.4. The molecule has 0 aliphatic carbocycles. The molecule has 0 fully saturated rings. The van der Waals surface area contributed by atoms with Gasteiger partial charge in [-0.25, -0.2) is 0 Å². The summed E-state index contributed by atoms with van der Waals surface area (Å²) >= 11 is 5.77. The number of amides is 2. The lowest BCUT2D eigenvalue weighted by Crippen LogP contribution is -2.31. The average molecular weight is 380 g/mol. The Kier molecular flexibility index (Phi) is 4.89. The maximum atomic E-state index is 12.2. The molecule has 0 bridgehead atoms. The molecule has 0 saturated heterocycles. The molecule has 2 amide bonds. The summed E-state index contributed by atoms with van der Waals surface area (Å²) in [6.45, 7) is -0.0698. The Labute approximate surface area is 150 Å². The van der Waals surface area contributed by atoms with E-state index < -0.39 is 10.1 Å². The summed E-state index contributed by atoms with van der Waals surface area (Å²) < 4.78 is 29.1. The third kappa shape index (κ3) is 3.58. The first-order valence-electron chi connectivity index (χ1n) is 7.50. The number of imide groups is 1. The van der Waals surface area contributed by atoms with Gasteiger partial charge in [-0.2, -0.15) is 8.42 Å². The summed E-state index contributed by atoms with van der Waals surface area (Å²) in [6, 6.07) is 12.3. The van der Waals surface area contributed by atoms with Gasteiger partial charge in [0.15, 0.2) is 0 Å². The number of hydrogen-bond acceptors (Lipinski definition) is 5. The van der Waals surface area contributed by atoms with Gasteiger partial charge in [0.25, 0.3) is 21.9 Å². The summed E-state index contributed by atoms with van der Waals surface area (Å²) in [5, 5.41) is 0.288. The number of halogens is 1. The zero-order chi connectivity index (χ0) is 18.0. The number of rotatable bonds is 6. The lowest BCUT2D eigenvalue weighted by Gasteiger charge is -2.13. The topological polar surface area (TPSA) is 80.8 Å². The molecular formula is C17H14ClNO5S. The minimum Gasteiger partial charge on any atom is -0.274 e. The summed E-state index contributed by atoms with van der Waals surface area (Å²) in [5.74, 6) is -0.753. The van der Waals surface area contributed by atoms with Crippen LogP contribution in [0.4, 0.5) is 0 Å². The van der Waals surface area contributed by atoms with Crippen LogP contribution in [0.2, 0.25) is 5.02 Å². The first-order chi connectivity index (χ1) is 11.9. The van der Waals surface area contributed by atoms with Gasteiger partial charge in [0, 0.05) is 11.6 Å². The van der Waals surface area contributed by atoms with Gasteiger partial charge in [0.1, 0.15) is 0 Å². The first-order valence-corrected chi connectivity index (χ1v) is 9.29. The molecule has 130 valence electrons. The number of hydrogen-bond donors (Lipinski definition) is 0. The second-order valence-electron chi connectivity index (χ2n) is 5.39. The minimum absolute atomic E-state index is 0.0410. The molecule has 8 heteroatoms. The minimum atomic E-state index is -3.93. The molecule has 0 aromatic heterocycles. The van der Waals surface area contributed by atoms with E-state index in [-0.39, 0.29) is 41.3 Å². The molecular weight excluding hydrogens is 366 g/mol. The summed E-state index contributed by atoms with van der Waals surface area (Å²) in [7, 11) is -3.93. The molecule has 1 aliphatic rings. The van der Waals surface area contributed by atoms with Crippen molar-refractivity contribution in [1.29, 1.82) is 0 Å². The third-order valence-electron chi connectivity index (χ3n) is 3.73. The van der Waals surface area contributed by atoms with E-state index in [0.29, 0.717) is 11.1 Å². The molecule has 2 aromatic carbocycles. The quantitative estimate of drug-likeness (QED) is 0.438. The van der Waals surface area contributed by atoms with Crippen LogP contribution in [0.1, 0.15) is 27.1 Å². The molecule has 0 spiro atoms. The van der Waals surface area contributed by atoms with Crippen LogP contribution in [-0.4, -0.2) is 38.3 Å². The Hall–Kier alpha value is -2.22. The van der Waals surface area contributed by atoms with Crippen molar-refractivity contribution >= 4 is 33.5 Å². The average Bonchev–Trinajstić information content (AvgIpc) is 2.83. The van der Waals surface area contributed by atoms with Crippen molar-refractivity contribution in [2.45, 2.75) is 11.3 Å². The maximum absolute atomic E-state index is 12.2. The second kappa shape index (κ2) is 6.95. The van der Waals surface area contributed by atoms with Gasteiger partial charge in [-0.1, -0.05) is 29.8 Å². The Bertz CT molecular complexity index is 907. The lowest BCUT2D eigenvalue weighted by atomic mass is 10.1. The number of nitrogens with zero attached hydrogens (tertiary/aromatic N) is 1. The van der Waals surface area contributed by atoms with E-state index in [9.17, 15) is 18.0 Å². The van der Waals surface area contributed by atoms with Gasteiger partial charge < -0.3 is 0 Å². The molecule has 25 heavy (non-hydrogen) atoms. The smallest absolute Gasteiger partial charge is 0.274 e. The van der Waals surface area contributed by atoms with Crippen LogP contribution < -0.4 is 0 Å². The zero-order valence-corrected chi connectivity index (χ0v) is 14.6. The van der Waals surface area contributed by atoms with Crippen LogP contribution in [0.3, 0.4) is 0 Å². The van der Waals surface area contributed by atoms with E-state index >= 15 is 0 Å². The Morgan fingerprint density at radius 1 is 0.960 bits per heavy atom. The van der Waals surface area contributed by atoms with Gasteiger partial charge in [0.2, 0.25) is 0 Å². The van der Waals surface area contributed by atoms with Crippen LogP contribution >= 0.6 is 11.6 Å². The SMILES string of the molecule is O=C1c2ccccc2C(=O)N1CCCOS(=O)(=O)c1cccc(Cl)c1. The van der Waals surface area contributed by atoms with Crippen LogP contribution in [0.15, 0.2) is 53.4 Å². The fourth-order valence-corrected chi connectivity index (χ4v) is 3.77. The van der Waals surface area contributed by atoms with Crippen molar-refractivity contribution in [2.75, 3.05) is 13.2 Å². The lowest BCUT2D eigenvalue weighted by molar-refractivity contribution is 0.0647. The molecule has 3 rings (SSSR count). The number of carbonyl (C=O) groups excluding carboxylic acids is 2. The van der Waals surface area contributed by atoms with Crippen molar-refractivity contribution in [2.24, 2.45) is 0 Å². The van der Waals surface area contributed by atoms with Crippen molar-refractivity contribution in [3.8, 4) is 0 Å². The highest BCUT2D eigenvalue weighted by Crippen LogP contribution is 2.23. The molecule has 0 atom stereocenters. The van der Waals surface area contributed by atoms with Gasteiger partial charge in [-0.15, -0.1) is 0 Å². The molecule has 0 unspecified atom stereocenters. The molecule has 0 N–H and O–H groups in total. The van der Waals surface area contributed by atoms with E-state index in [2.05, 4.69) is 0 Å². The van der Waals surface area contributed by atoms with Crippen LogP contribution in [0.5, 0.6) is 0 Å². The van der Waals surface area contributed by atoms with Gasteiger partial charge in [-0.3, -0.25) is 18.7 Å².